The van der Waals surface area contributed by atoms with E-state index in [-0.39, 0.29) is 17.8 Å². The second kappa shape index (κ2) is 7.98. The number of hydrogen-bond donors (Lipinski definition) is 0. The largest absolute Gasteiger partial charge is 0.493 e. The van der Waals surface area contributed by atoms with E-state index in [1.807, 2.05) is 12.1 Å². The van der Waals surface area contributed by atoms with Crippen LogP contribution in [-0.4, -0.2) is 30.2 Å². The molecule has 0 unspecified atom stereocenters. The number of imide groups is 1. The SMILES string of the molecule is COc1cc(/C=C2\SC(=O)N(C)C2=O)ccc1OCc1ccccc1C#N. The first-order chi connectivity index (χ1) is 13.0. The fourth-order valence-electron chi connectivity index (χ4n) is 2.50. The van der Waals surface area contributed by atoms with Gasteiger partial charge in [-0.25, -0.2) is 0 Å². The number of methoxy groups -OCH3 is 1. The Morgan fingerprint density at radius 3 is 2.63 bits per heavy atom. The third-order valence-corrected chi connectivity index (χ3v) is 4.95. The summed E-state index contributed by atoms with van der Waals surface area (Å²) >= 11 is 0.902. The fraction of sp³-hybridized carbons (Fsp3) is 0.150. The van der Waals surface area contributed by atoms with Gasteiger partial charge in [0.1, 0.15) is 6.61 Å². The molecule has 1 aliphatic heterocycles. The van der Waals surface area contributed by atoms with E-state index in [0.29, 0.717) is 22.0 Å². The van der Waals surface area contributed by atoms with E-state index in [9.17, 15) is 9.59 Å². The Kier molecular flexibility index (Phi) is 5.48. The van der Waals surface area contributed by atoms with Crippen LogP contribution in [0, 0.1) is 11.3 Å². The smallest absolute Gasteiger partial charge is 0.293 e. The predicted octanol–water partition coefficient (Wildman–Crippen LogP) is 3.81. The molecule has 7 heteroatoms. The van der Waals surface area contributed by atoms with Crippen LogP contribution in [0.15, 0.2) is 47.4 Å². The van der Waals surface area contributed by atoms with Gasteiger partial charge < -0.3 is 9.47 Å². The molecule has 2 aromatic rings. The maximum Gasteiger partial charge on any atom is 0.293 e. The van der Waals surface area contributed by atoms with Gasteiger partial charge in [-0.3, -0.25) is 14.5 Å². The van der Waals surface area contributed by atoms with Gasteiger partial charge in [0.05, 0.1) is 23.6 Å². The van der Waals surface area contributed by atoms with Crippen molar-refractivity contribution in [3.8, 4) is 17.6 Å². The van der Waals surface area contributed by atoms with Crippen LogP contribution in [0.2, 0.25) is 0 Å². The maximum atomic E-state index is 12.0. The van der Waals surface area contributed by atoms with Gasteiger partial charge in [0.15, 0.2) is 11.5 Å². The van der Waals surface area contributed by atoms with Crippen molar-refractivity contribution in [1.82, 2.24) is 4.90 Å². The van der Waals surface area contributed by atoms with Gasteiger partial charge >= 0.3 is 0 Å². The third-order valence-electron chi connectivity index (χ3n) is 3.99. The lowest BCUT2D eigenvalue weighted by atomic mass is 10.1. The zero-order valence-electron chi connectivity index (χ0n) is 14.8. The highest BCUT2D eigenvalue weighted by molar-refractivity contribution is 8.18. The van der Waals surface area contributed by atoms with Gasteiger partial charge in [0.2, 0.25) is 0 Å². The van der Waals surface area contributed by atoms with Crippen LogP contribution in [-0.2, 0) is 11.4 Å². The maximum absolute atomic E-state index is 12.0. The molecule has 6 nitrogen and oxygen atoms in total. The van der Waals surface area contributed by atoms with Gasteiger partial charge in [-0.05, 0) is 41.6 Å². The van der Waals surface area contributed by atoms with Crippen LogP contribution in [0.3, 0.4) is 0 Å². The number of likely N-dealkylation sites (N-methyl/N-ethyl adjacent to an activating group) is 1. The van der Waals surface area contributed by atoms with E-state index in [0.717, 1.165) is 27.8 Å². The topological polar surface area (TPSA) is 79.6 Å². The molecule has 0 bridgehead atoms. The molecule has 1 aliphatic rings. The molecule has 0 aromatic heterocycles. The van der Waals surface area contributed by atoms with Gasteiger partial charge in [-0.1, -0.05) is 24.3 Å². The number of hydrogen-bond acceptors (Lipinski definition) is 6. The molecule has 0 radical (unpaired) electrons. The summed E-state index contributed by atoms with van der Waals surface area (Å²) in [6, 6.07) is 14.6. The molecule has 136 valence electrons. The van der Waals surface area contributed by atoms with Crippen molar-refractivity contribution in [2.45, 2.75) is 6.61 Å². The number of nitrogens with zero attached hydrogens (tertiary/aromatic N) is 2. The van der Waals surface area contributed by atoms with Crippen molar-refractivity contribution >= 4 is 29.0 Å². The molecular weight excluding hydrogens is 364 g/mol. The Labute approximate surface area is 161 Å². The number of carbonyl (C=O) groups is 2. The van der Waals surface area contributed by atoms with E-state index < -0.39 is 0 Å². The lowest BCUT2D eigenvalue weighted by Crippen LogP contribution is -2.22. The first-order valence-electron chi connectivity index (χ1n) is 8.04. The normalized spacial score (nSPS) is 15.1. The number of carbonyl (C=O) groups excluding carboxylic acids is 2. The Morgan fingerprint density at radius 1 is 1.19 bits per heavy atom. The van der Waals surface area contributed by atoms with Crippen LogP contribution in [0.1, 0.15) is 16.7 Å². The van der Waals surface area contributed by atoms with Crippen molar-refractivity contribution in [2.24, 2.45) is 0 Å². The van der Waals surface area contributed by atoms with Gasteiger partial charge in [-0.2, -0.15) is 5.26 Å². The predicted molar refractivity (Wildman–Crippen MR) is 102 cm³/mol. The highest BCUT2D eigenvalue weighted by Crippen LogP contribution is 2.34. The average molecular weight is 380 g/mol. The minimum atomic E-state index is -0.322. The lowest BCUT2D eigenvalue weighted by molar-refractivity contribution is -0.121. The molecule has 1 heterocycles. The highest BCUT2D eigenvalue weighted by atomic mass is 32.2. The van der Waals surface area contributed by atoms with Crippen molar-refractivity contribution < 1.29 is 19.1 Å². The molecule has 0 aliphatic carbocycles. The van der Waals surface area contributed by atoms with Crippen LogP contribution in [0.4, 0.5) is 4.79 Å². The van der Waals surface area contributed by atoms with Gasteiger partial charge in [0.25, 0.3) is 11.1 Å². The van der Waals surface area contributed by atoms with Crippen molar-refractivity contribution in [1.29, 1.82) is 5.26 Å². The number of nitriles is 1. The monoisotopic (exact) mass is 380 g/mol. The number of ether oxygens (including phenoxy) is 2. The molecule has 27 heavy (non-hydrogen) atoms. The minimum absolute atomic E-state index is 0.230. The molecule has 0 spiro atoms. The summed E-state index contributed by atoms with van der Waals surface area (Å²) in [6.45, 7) is 0.230. The Hall–Kier alpha value is -3.24. The molecule has 2 amide bonds. The zero-order valence-corrected chi connectivity index (χ0v) is 15.6. The third kappa shape index (κ3) is 3.96. The molecule has 2 aromatic carbocycles. The van der Waals surface area contributed by atoms with E-state index in [4.69, 9.17) is 14.7 Å². The van der Waals surface area contributed by atoms with E-state index in [1.165, 1.54) is 14.2 Å². The summed E-state index contributed by atoms with van der Waals surface area (Å²) in [5.74, 6) is 0.692. The molecular formula is C20H16N2O4S. The van der Waals surface area contributed by atoms with Crippen LogP contribution in [0.25, 0.3) is 6.08 Å². The van der Waals surface area contributed by atoms with E-state index in [1.54, 1.807) is 36.4 Å². The quantitative estimate of drug-likeness (QED) is 0.734. The fourth-order valence-corrected chi connectivity index (χ4v) is 3.33. The Balaban J connectivity index is 1.80. The van der Waals surface area contributed by atoms with Gasteiger partial charge in [-0.15, -0.1) is 0 Å². The standard InChI is InChI=1S/C20H16N2O4S/c1-22-19(23)18(27-20(22)24)10-13-7-8-16(17(9-13)25-2)26-12-15-6-4-3-5-14(15)11-21/h3-10H,12H2,1-2H3/b18-10-. The first-order valence-corrected chi connectivity index (χ1v) is 8.85. The first kappa shape index (κ1) is 18.5. The van der Waals surface area contributed by atoms with Crippen molar-refractivity contribution in [2.75, 3.05) is 14.2 Å². The Bertz CT molecular complexity index is 978. The van der Waals surface area contributed by atoms with E-state index >= 15 is 0 Å². The second-order valence-electron chi connectivity index (χ2n) is 5.71. The molecule has 0 N–H and O–H groups in total. The lowest BCUT2D eigenvalue weighted by Gasteiger charge is -2.12. The molecule has 0 saturated carbocycles. The Morgan fingerprint density at radius 2 is 1.96 bits per heavy atom. The molecule has 1 saturated heterocycles. The van der Waals surface area contributed by atoms with Crippen LogP contribution < -0.4 is 9.47 Å². The minimum Gasteiger partial charge on any atom is -0.493 e. The van der Waals surface area contributed by atoms with Crippen molar-refractivity contribution in [3.05, 3.63) is 64.1 Å². The molecule has 0 atom stereocenters. The summed E-state index contributed by atoms with van der Waals surface area (Å²) in [5, 5.41) is 8.86. The van der Waals surface area contributed by atoms with Crippen molar-refractivity contribution in [3.63, 3.8) is 0 Å². The van der Waals surface area contributed by atoms with E-state index in [2.05, 4.69) is 6.07 Å². The second-order valence-corrected chi connectivity index (χ2v) is 6.70. The molecule has 3 rings (SSSR count). The highest BCUT2D eigenvalue weighted by Gasteiger charge is 2.31. The number of thioether (sulfide) groups is 1. The number of rotatable bonds is 5. The summed E-state index contributed by atoms with van der Waals surface area (Å²) in [6.07, 6.45) is 1.64. The summed E-state index contributed by atoms with van der Waals surface area (Å²) in [4.78, 5) is 25.0. The summed E-state index contributed by atoms with van der Waals surface area (Å²) < 4.78 is 11.2. The van der Waals surface area contributed by atoms with Crippen LogP contribution >= 0.6 is 11.8 Å². The summed E-state index contributed by atoms with van der Waals surface area (Å²) in [5.41, 5.74) is 2.06. The number of benzene rings is 2. The van der Waals surface area contributed by atoms with Gasteiger partial charge in [0, 0.05) is 12.6 Å². The average Bonchev–Trinajstić information content (AvgIpc) is 2.93. The zero-order chi connectivity index (χ0) is 19.4. The van der Waals surface area contributed by atoms with Crippen LogP contribution in [0.5, 0.6) is 11.5 Å². The summed E-state index contributed by atoms with van der Waals surface area (Å²) in [7, 11) is 2.98. The number of amides is 2. The molecule has 1 fully saturated rings.